The van der Waals surface area contributed by atoms with E-state index in [1.165, 1.54) is 23.5 Å². The van der Waals surface area contributed by atoms with Crippen LogP contribution >= 0.6 is 12.2 Å². The van der Waals surface area contributed by atoms with E-state index in [0.717, 1.165) is 23.5 Å². The molecule has 2 aliphatic rings. The molecule has 11 heteroatoms. The minimum atomic E-state index is -4.42. The summed E-state index contributed by atoms with van der Waals surface area (Å²) in [5, 5.41) is 7.33. The largest absolute Gasteiger partial charge is 0.416 e. The number of thiocarbonyl (C=S) groups is 1. The summed E-state index contributed by atoms with van der Waals surface area (Å²) in [6.07, 6.45) is 0.519. The molecule has 4 rings (SSSR count). The van der Waals surface area contributed by atoms with Gasteiger partial charge in [0.2, 0.25) is 0 Å². The Labute approximate surface area is 174 Å². The number of anilines is 2. The number of aliphatic imine (C=N–C) groups is 1. The Morgan fingerprint density at radius 1 is 1.07 bits per heavy atom. The Balaban J connectivity index is 1.35. The normalized spacial score (nSPS) is 14.7. The third-order valence-corrected chi connectivity index (χ3v) is 4.27. The first-order valence-electron chi connectivity index (χ1n) is 8.66. The molecule has 30 heavy (non-hydrogen) atoms. The van der Waals surface area contributed by atoms with E-state index in [9.17, 15) is 13.2 Å². The van der Waals surface area contributed by atoms with E-state index in [0.29, 0.717) is 11.4 Å². The molecule has 0 radical (unpaired) electrons. The van der Waals surface area contributed by atoms with E-state index in [1.54, 1.807) is 36.7 Å². The molecule has 0 saturated carbocycles. The lowest BCUT2D eigenvalue weighted by Crippen LogP contribution is -2.29. The zero-order chi connectivity index (χ0) is 21.1. The standard InChI is InChI=1S/C19H15F3N6OS/c20-19(21,22)12-2-1-3-14(8-12)26-18(30)25-13-4-6-15(7-5-13)29-28-11-23-9-16-17(28)10-24-27-16/h1-11,24,27H,(H2,25,26,30). The SMILES string of the molecule is FC(F)(F)c1cccc(NC(=S)Nc2ccc(ON3C=NC=C4NNC=C43)cc2)c1. The first-order valence-corrected chi connectivity index (χ1v) is 9.07. The third-order valence-electron chi connectivity index (χ3n) is 4.07. The molecule has 0 amide bonds. The predicted octanol–water partition coefficient (Wildman–Crippen LogP) is 3.94. The molecule has 2 aliphatic heterocycles. The summed E-state index contributed by atoms with van der Waals surface area (Å²) in [6, 6.07) is 11.7. The summed E-state index contributed by atoms with van der Waals surface area (Å²) in [4.78, 5) is 9.86. The topological polar surface area (TPSA) is 73.0 Å². The smallest absolute Gasteiger partial charge is 0.374 e. The average Bonchev–Trinajstić information content (AvgIpc) is 3.19. The second-order valence-electron chi connectivity index (χ2n) is 6.21. The van der Waals surface area contributed by atoms with Crippen LogP contribution in [0, 0.1) is 0 Å². The molecule has 2 aromatic rings. The van der Waals surface area contributed by atoms with Crippen molar-refractivity contribution in [2.45, 2.75) is 6.18 Å². The van der Waals surface area contributed by atoms with E-state index in [2.05, 4.69) is 26.5 Å². The van der Waals surface area contributed by atoms with Crippen LogP contribution < -0.4 is 26.3 Å². The van der Waals surface area contributed by atoms with E-state index in [1.807, 2.05) is 0 Å². The summed E-state index contributed by atoms with van der Waals surface area (Å²) in [6.45, 7) is 0. The fourth-order valence-electron chi connectivity index (χ4n) is 2.69. The number of nitrogens with zero attached hydrogens (tertiary/aromatic N) is 2. The number of hydrogen-bond donors (Lipinski definition) is 4. The Morgan fingerprint density at radius 3 is 2.60 bits per heavy atom. The van der Waals surface area contributed by atoms with Crippen LogP contribution in [0.1, 0.15) is 5.56 Å². The molecule has 0 saturated heterocycles. The van der Waals surface area contributed by atoms with Gasteiger partial charge in [0.25, 0.3) is 0 Å². The Kier molecular flexibility index (Phi) is 5.19. The Morgan fingerprint density at radius 2 is 1.83 bits per heavy atom. The molecule has 4 N–H and O–H groups in total. The monoisotopic (exact) mass is 432 g/mol. The van der Waals surface area contributed by atoms with Crippen molar-refractivity contribution in [3.63, 3.8) is 0 Å². The van der Waals surface area contributed by atoms with Gasteiger partial charge in [-0.2, -0.15) is 18.2 Å². The van der Waals surface area contributed by atoms with Crippen molar-refractivity contribution in [2.24, 2.45) is 4.99 Å². The minimum absolute atomic E-state index is 0.161. The lowest BCUT2D eigenvalue weighted by atomic mass is 10.2. The van der Waals surface area contributed by atoms with Crippen molar-refractivity contribution in [2.75, 3.05) is 10.6 Å². The van der Waals surface area contributed by atoms with E-state index in [4.69, 9.17) is 17.1 Å². The highest BCUT2D eigenvalue weighted by Crippen LogP contribution is 2.30. The van der Waals surface area contributed by atoms with Crippen molar-refractivity contribution in [3.8, 4) is 5.75 Å². The van der Waals surface area contributed by atoms with Gasteiger partial charge in [0.1, 0.15) is 17.7 Å². The second kappa shape index (κ2) is 7.95. The zero-order valence-electron chi connectivity index (χ0n) is 15.2. The van der Waals surface area contributed by atoms with Crippen LogP contribution in [0.25, 0.3) is 0 Å². The van der Waals surface area contributed by atoms with Gasteiger partial charge in [-0.05, 0) is 54.7 Å². The van der Waals surface area contributed by atoms with Crippen LogP contribution in [0.5, 0.6) is 5.75 Å². The molecule has 0 spiro atoms. The number of benzene rings is 2. The molecule has 2 aromatic carbocycles. The van der Waals surface area contributed by atoms with Crippen LogP contribution in [0.3, 0.4) is 0 Å². The van der Waals surface area contributed by atoms with Gasteiger partial charge in [-0.1, -0.05) is 6.07 Å². The zero-order valence-corrected chi connectivity index (χ0v) is 16.0. The number of fused-ring (bicyclic) bond motifs is 1. The highest BCUT2D eigenvalue weighted by Gasteiger charge is 2.30. The maximum atomic E-state index is 12.8. The minimum Gasteiger partial charge on any atom is -0.374 e. The van der Waals surface area contributed by atoms with Crippen molar-refractivity contribution < 1.29 is 18.0 Å². The molecule has 0 aliphatic carbocycles. The van der Waals surface area contributed by atoms with Gasteiger partial charge in [-0.15, -0.1) is 0 Å². The first kappa shape index (κ1) is 19.6. The number of halogens is 3. The van der Waals surface area contributed by atoms with Crippen molar-refractivity contribution >= 4 is 35.0 Å². The number of rotatable bonds is 4. The quantitative estimate of drug-likeness (QED) is 0.546. The summed E-state index contributed by atoms with van der Waals surface area (Å²) < 4.78 is 38.5. The predicted molar refractivity (Wildman–Crippen MR) is 111 cm³/mol. The van der Waals surface area contributed by atoms with Crippen molar-refractivity contribution in [1.29, 1.82) is 0 Å². The summed E-state index contributed by atoms with van der Waals surface area (Å²) in [5.41, 5.74) is 7.48. The molecule has 0 unspecified atom stereocenters. The van der Waals surface area contributed by atoms with Crippen LogP contribution in [0.2, 0.25) is 0 Å². The number of hydroxylamine groups is 2. The third kappa shape index (κ3) is 4.46. The second-order valence-corrected chi connectivity index (χ2v) is 6.61. The average molecular weight is 432 g/mol. The number of hydrogen-bond acceptors (Lipinski definition) is 6. The Hall–Kier alpha value is -3.73. The number of hydrazine groups is 1. The first-order chi connectivity index (χ1) is 14.4. The maximum absolute atomic E-state index is 12.8. The Bertz CT molecular complexity index is 1050. The van der Waals surface area contributed by atoms with E-state index >= 15 is 0 Å². The molecule has 7 nitrogen and oxygen atoms in total. The van der Waals surface area contributed by atoms with Crippen LogP contribution in [-0.4, -0.2) is 16.5 Å². The van der Waals surface area contributed by atoms with Gasteiger partial charge in [-0.25, -0.2) is 4.99 Å². The molecule has 0 bridgehead atoms. The van der Waals surface area contributed by atoms with E-state index in [-0.39, 0.29) is 10.8 Å². The van der Waals surface area contributed by atoms with Gasteiger partial charge in [-0.3, -0.25) is 5.43 Å². The molecular weight excluding hydrogens is 417 g/mol. The fourth-order valence-corrected chi connectivity index (χ4v) is 2.92. The van der Waals surface area contributed by atoms with Gasteiger partial charge in [0.05, 0.1) is 11.8 Å². The van der Waals surface area contributed by atoms with Crippen LogP contribution in [-0.2, 0) is 6.18 Å². The van der Waals surface area contributed by atoms with E-state index < -0.39 is 11.7 Å². The summed E-state index contributed by atoms with van der Waals surface area (Å²) in [5.74, 6) is 0.554. The van der Waals surface area contributed by atoms with Gasteiger partial charge < -0.3 is 20.9 Å². The van der Waals surface area contributed by atoms with Gasteiger partial charge in [0, 0.05) is 17.6 Å². The van der Waals surface area contributed by atoms with Gasteiger partial charge in [0.15, 0.2) is 10.9 Å². The number of alkyl halides is 3. The molecule has 0 aromatic heterocycles. The molecular formula is C19H15F3N6OS. The van der Waals surface area contributed by atoms with Crippen molar-refractivity contribution in [3.05, 3.63) is 77.9 Å². The number of nitrogens with one attached hydrogen (secondary N) is 4. The highest BCUT2D eigenvalue weighted by atomic mass is 32.1. The molecule has 154 valence electrons. The van der Waals surface area contributed by atoms with Gasteiger partial charge >= 0.3 is 6.18 Å². The molecule has 0 fully saturated rings. The summed E-state index contributed by atoms with van der Waals surface area (Å²) in [7, 11) is 0. The van der Waals surface area contributed by atoms with Crippen molar-refractivity contribution in [1.82, 2.24) is 15.9 Å². The van der Waals surface area contributed by atoms with Crippen LogP contribution in [0.4, 0.5) is 24.5 Å². The molecule has 0 atom stereocenters. The summed E-state index contributed by atoms with van der Waals surface area (Å²) >= 11 is 5.18. The highest BCUT2D eigenvalue weighted by molar-refractivity contribution is 7.80. The lowest BCUT2D eigenvalue weighted by molar-refractivity contribution is -0.137. The van der Waals surface area contributed by atoms with Crippen LogP contribution in [0.15, 0.2) is 77.3 Å². The molecule has 2 heterocycles. The lowest BCUT2D eigenvalue weighted by Gasteiger charge is -2.22. The fraction of sp³-hybridized carbons (Fsp3) is 0.0526. The maximum Gasteiger partial charge on any atom is 0.416 e.